The number of hydrogen-bond acceptors (Lipinski definition) is 6. The number of likely N-dealkylation sites (N-methyl/N-ethyl adjacent to an activating group) is 1. The third-order valence-corrected chi connectivity index (χ3v) is 6.42. The standard InChI is InChI=1S/C21H19Cl2NO5/c1-24-6-5-10(13(24)9-25)18-14(26)7-15(27)19-16(28)8-17(29-21(18)19)11-3-2-4-12(22)20(11)23/h2-4,7-8,10,13,25-27H,5-6,9H2,1H3. The Morgan fingerprint density at radius 1 is 1.21 bits per heavy atom. The van der Waals surface area contributed by atoms with E-state index in [1.54, 1.807) is 18.2 Å². The molecule has 1 aliphatic rings. The minimum absolute atomic E-state index is 0.0223. The van der Waals surface area contributed by atoms with Crippen LogP contribution in [0.1, 0.15) is 17.9 Å². The van der Waals surface area contributed by atoms with Crippen molar-refractivity contribution in [1.29, 1.82) is 0 Å². The number of phenolic OH excluding ortho intramolecular Hbond substituents is 2. The van der Waals surface area contributed by atoms with Gasteiger partial charge in [-0.15, -0.1) is 0 Å². The van der Waals surface area contributed by atoms with E-state index >= 15 is 0 Å². The number of hydrogen-bond donors (Lipinski definition) is 3. The van der Waals surface area contributed by atoms with E-state index in [9.17, 15) is 20.1 Å². The molecule has 1 saturated heterocycles. The van der Waals surface area contributed by atoms with Crippen LogP contribution in [0.25, 0.3) is 22.3 Å². The smallest absolute Gasteiger partial charge is 0.197 e. The molecule has 2 heterocycles. The second-order valence-corrected chi connectivity index (χ2v) is 8.02. The lowest BCUT2D eigenvalue weighted by molar-refractivity contribution is 0.172. The average molecular weight is 436 g/mol. The summed E-state index contributed by atoms with van der Waals surface area (Å²) < 4.78 is 6.03. The lowest BCUT2D eigenvalue weighted by Crippen LogP contribution is -2.32. The fourth-order valence-electron chi connectivity index (χ4n) is 4.12. The number of aliphatic hydroxyl groups excluding tert-OH is 1. The van der Waals surface area contributed by atoms with Crippen molar-refractivity contribution in [3.8, 4) is 22.8 Å². The normalized spacial score (nSPS) is 19.9. The SMILES string of the molecule is CN1CCC(c2c(O)cc(O)c3c(=O)cc(-c4cccc(Cl)c4Cl)oc23)C1CO. The second-order valence-electron chi connectivity index (χ2n) is 7.23. The molecule has 1 fully saturated rings. The van der Waals surface area contributed by atoms with Gasteiger partial charge < -0.3 is 24.6 Å². The highest BCUT2D eigenvalue weighted by Crippen LogP contribution is 2.44. The first-order valence-electron chi connectivity index (χ1n) is 9.11. The minimum atomic E-state index is -0.469. The monoisotopic (exact) mass is 435 g/mol. The Bertz CT molecular complexity index is 1160. The Balaban J connectivity index is 2.03. The molecule has 29 heavy (non-hydrogen) atoms. The van der Waals surface area contributed by atoms with Crippen LogP contribution in [-0.2, 0) is 0 Å². The van der Waals surface area contributed by atoms with Crippen LogP contribution in [0.3, 0.4) is 0 Å². The van der Waals surface area contributed by atoms with Gasteiger partial charge >= 0.3 is 0 Å². The third-order valence-electron chi connectivity index (χ3n) is 5.60. The third kappa shape index (κ3) is 3.26. The topological polar surface area (TPSA) is 94.1 Å². The van der Waals surface area contributed by atoms with Gasteiger partial charge in [-0.05, 0) is 32.1 Å². The number of benzene rings is 2. The highest BCUT2D eigenvalue weighted by molar-refractivity contribution is 6.43. The molecule has 2 aromatic carbocycles. The van der Waals surface area contributed by atoms with Crippen LogP contribution < -0.4 is 5.43 Å². The number of fused-ring (bicyclic) bond motifs is 1. The van der Waals surface area contributed by atoms with Crippen molar-refractivity contribution in [3.05, 3.63) is 56.2 Å². The van der Waals surface area contributed by atoms with Gasteiger partial charge in [-0.2, -0.15) is 0 Å². The van der Waals surface area contributed by atoms with E-state index < -0.39 is 5.43 Å². The fraction of sp³-hybridized carbons (Fsp3) is 0.286. The lowest BCUT2D eigenvalue weighted by atomic mass is 9.89. The van der Waals surface area contributed by atoms with Crippen molar-refractivity contribution < 1.29 is 19.7 Å². The zero-order valence-electron chi connectivity index (χ0n) is 15.5. The summed E-state index contributed by atoms with van der Waals surface area (Å²) in [6.45, 7) is 0.592. The molecule has 4 rings (SSSR count). The first-order chi connectivity index (χ1) is 13.8. The number of phenols is 2. The van der Waals surface area contributed by atoms with Crippen LogP contribution in [0.4, 0.5) is 0 Å². The number of nitrogens with zero attached hydrogens (tertiary/aromatic N) is 1. The lowest BCUT2D eigenvalue weighted by Gasteiger charge is -2.24. The van der Waals surface area contributed by atoms with E-state index in [0.29, 0.717) is 29.1 Å². The van der Waals surface area contributed by atoms with E-state index in [1.807, 2.05) is 11.9 Å². The van der Waals surface area contributed by atoms with Gasteiger partial charge in [0.2, 0.25) is 0 Å². The highest BCUT2D eigenvalue weighted by Gasteiger charge is 2.36. The predicted octanol–water partition coefficient (Wildman–Crippen LogP) is 3.96. The number of halogens is 2. The molecule has 6 nitrogen and oxygen atoms in total. The Hall–Kier alpha value is -2.25. The number of likely N-dealkylation sites (tertiary alicyclic amines) is 1. The van der Waals surface area contributed by atoms with Crippen LogP contribution in [0.15, 0.2) is 39.5 Å². The molecule has 0 bridgehead atoms. The Morgan fingerprint density at radius 3 is 2.69 bits per heavy atom. The minimum Gasteiger partial charge on any atom is -0.507 e. The largest absolute Gasteiger partial charge is 0.507 e. The molecule has 0 saturated carbocycles. The zero-order chi connectivity index (χ0) is 20.9. The first-order valence-corrected chi connectivity index (χ1v) is 9.87. The van der Waals surface area contributed by atoms with Crippen molar-refractivity contribution in [2.75, 3.05) is 20.2 Å². The van der Waals surface area contributed by atoms with Gasteiger partial charge in [-0.25, -0.2) is 0 Å². The van der Waals surface area contributed by atoms with Crippen molar-refractivity contribution in [1.82, 2.24) is 4.90 Å². The van der Waals surface area contributed by atoms with Crippen molar-refractivity contribution in [2.24, 2.45) is 0 Å². The van der Waals surface area contributed by atoms with Crippen molar-refractivity contribution >= 4 is 34.2 Å². The zero-order valence-corrected chi connectivity index (χ0v) is 17.0. The van der Waals surface area contributed by atoms with Gasteiger partial charge in [0.15, 0.2) is 5.43 Å². The van der Waals surface area contributed by atoms with E-state index in [4.69, 9.17) is 27.6 Å². The molecule has 0 amide bonds. The Kier molecular flexibility index (Phi) is 5.21. The van der Waals surface area contributed by atoms with Crippen LogP contribution >= 0.6 is 23.2 Å². The summed E-state index contributed by atoms with van der Waals surface area (Å²) in [4.78, 5) is 14.8. The molecule has 1 aromatic heterocycles. The van der Waals surface area contributed by atoms with Gasteiger partial charge in [-0.3, -0.25) is 4.79 Å². The molecule has 0 radical (unpaired) electrons. The Labute approximate surface area is 176 Å². The molecule has 152 valence electrons. The fourth-order valence-corrected chi connectivity index (χ4v) is 4.51. The van der Waals surface area contributed by atoms with Crippen LogP contribution in [0, 0.1) is 0 Å². The average Bonchev–Trinajstić information content (AvgIpc) is 3.03. The summed E-state index contributed by atoms with van der Waals surface area (Å²) in [5.41, 5.74) is 0.426. The van der Waals surface area contributed by atoms with E-state index in [2.05, 4.69) is 0 Å². The van der Waals surface area contributed by atoms with E-state index in [0.717, 1.165) is 6.07 Å². The van der Waals surface area contributed by atoms with Crippen molar-refractivity contribution in [2.45, 2.75) is 18.4 Å². The maximum absolute atomic E-state index is 12.8. The molecule has 3 aromatic rings. The summed E-state index contributed by atoms with van der Waals surface area (Å²) in [6.07, 6.45) is 0.654. The molecule has 3 N–H and O–H groups in total. The van der Waals surface area contributed by atoms with Crippen LogP contribution in [-0.4, -0.2) is 46.5 Å². The Morgan fingerprint density at radius 2 is 1.97 bits per heavy atom. The molecule has 1 aliphatic heterocycles. The number of rotatable bonds is 3. The molecule has 2 atom stereocenters. The van der Waals surface area contributed by atoms with Gasteiger partial charge in [0.1, 0.15) is 28.2 Å². The van der Waals surface area contributed by atoms with Crippen molar-refractivity contribution in [3.63, 3.8) is 0 Å². The van der Waals surface area contributed by atoms with Gasteiger partial charge in [0, 0.05) is 35.2 Å². The predicted molar refractivity (Wildman–Crippen MR) is 112 cm³/mol. The summed E-state index contributed by atoms with van der Waals surface area (Å²) in [6, 6.07) is 7.11. The maximum atomic E-state index is 12.8. The van der Waals surface area contributed by atoms with Crippen LogP contribution in [0.5, 0.6) is 11.5 Å². The maximum Gasteiger partial charge on any atom is 0.197 e. The summed E-state index contributed by atoms with van der Waals surface area (Å²) in [7, 11) is 1.88. The van der Waals surface area contributed by atoms with Gasteiger partial charge in [0.25, 0.3) is 0 Å². The van der Waals surface area contributed by atoms with E-state index in [-0.39, 0.29) is 51.8 Å². The molecule has 0 spiro atoms. The second kappa shape index (κ2) is 7.54. The highest BCUT2D eigenvalue weighted by atomic mass is 35.5. The molecular formula is C21H19Cl2NO5. The first kappa shape index (κ1) is 20.0. The van der Waals surface area contributed by atoms with Gasteiger partial charge in [-0.1, -0.05) is 29.3 Å². The molecule has 2 unspecified atom stereocenters. The van der Waals surface area contributed by atoms with E-state index in [1.165, 1.54) is 6.07 Å². The number of aromatic hydroxyl groups is 2. The molecule has 8 heteroatoms. The van der Waals surface area contributed by atoms with Gasteiger partial charge in [0.05, 0.1) is 16.7 Å². The molecular weight excluding hydrogens is 417 g/mol. The quantitative estimate of drug-likeness (QED) is 0.576. The molecule has 0 aliphatic carbocycles. The van der Waals surface area contributed by atoms with Crippen LogP contribution in [0.2, 0.25) is 10.0 Å². The summed E-state index contributed by atoms with van der Waals surface area (Å²) in [5.74, 6) is -0.661. The summed E-state index contributed by atoms with van der Waals surface area (Å²) in [5, 5.41) is 31.3. The summed E-state index contributed by atoms with van der Waals surface area (Å²) >= 11 is 12.4. The number of aliphatic hydroxyl groups is 1.